The Bertz CT molecular complexity index is 1320. The predicted molar refractivity (Wildman–Crippen MR) is 103 cm³/mol. The van der Waals surface area contributed by atoms with Gasteiger partial charge in [0.2, 0.25) is 0 Å². The van der Waals surface area contributed by atoms with E-state index in [9.17, 15) is 19.5 Å². The van der Waals surface area contributed by atoms with Crippen molar-refractivity contribution in [3.8, 4) is 5.69 Å². The fourth-order valence-corrected chi connectivity index (χ4v) is 3.58. The summed E-state index contributed by atoms with van der Waals surface area (Å²) in [7, 11) is 0. The van der Waals surface area contributed by atoms with Crippen LogP contribution in [0, 0.1) is 13.8 Å². The van der Waals surface area contributed by atoms with E-state index in [1.807, 2.05) is 50.2 Å². The Kier molecular flexibility index (Phi) is 3.73. The van der Waals surface area contributed by atoms with Gasteiger partial charge in [-0.1, -0.05) is 12.1 Å². The van der Waals surface area contributed by atoms with Crippen molar-refractivity contribution in [3.63, 3.8) is 0 Å². The Balaban J connectivity index is 2.15. The van der Waals surface area contributed by atoms with Gasteiger partial charge in [-0.3, -0.25) is 19.0 Å². The average molecular weight is 363 g/mol. The van der Waals surface area contributed by atoms with Crippen LogP contribution < -0.4 is 11.1 Å². The predicted octanol–water partition coefficient (Wildman–Crippen LogP) is 2.34. The molecule has 136 valence electrons. The minimum absolute atomic E-state index is 0.406. The van der Waals surface area contributed by atoms with Gasteiger partial charge in [0, 0.05) is 22.5 Å². The molecule has 7 heteroatoms. The molecule has 0 fully saturated rings. The maximum Gasteiger partial charge on any atom is 0.323 e. The number of aliphatic carboxylic acids is 1. The zero-order valence-corrected chi connectivity index (χ0v) is 14.8. The van der Waals surface area contributed by atoms with Crippen LogP contribution in [0.25, 0.3) is 27.5 Å². The molecule has 7 nitrogen and oxygen atoms in total. The number of carboxylic acids is 1. The number of hydrogen-bond acceptors (Lipinski definition) is 3. The van der Waals surface area contributed by atoms with Gasteiger partial charge in [0.25, 0.3) is 0 Å². The molecule has 0 unspecified atom stereocenters. The molecule has 0 aliphatic heterocycles. The highest BCUT2D eigenvalue weighted by atomic mass is 16.4. The summed E-state index contributed by atoms with van der Waals surface area (Å²) in [6.07, 6.45) is 0. The summed E-state index contributed by atoms with van der Waals surface area (Å²) in [5.41, 5.74) is 2.13. The molecule has 4 aromatic rings. The Labute approximate surface area is 153 Å². The minimum atomic E-state index is -1.19. The lowest BCUT2D eigenvalue weighted by molar-refractivity contribution is -0.137. The van der Waals surface area contributed by atoms with Gasteiger partial charge in [-0.25, -0.2) is 0 Å². The lowest BCUT2D eigenvalue weighted by Gasteiger charge is -2.14. The van der Waals surface area contributed by atoms with Crippen LogP contribution in [0.2, 0.25) is 0 Å². The van der Waals surface area contributed by atoms with Crippen LogP contribution in [0.3, 0.4) is 0 Å². The van der Waals surface area contributed by atoms with E-state index >= 15 is 0 Å². The van der Waals surface area contributed by atoms with E-state index in [1.165, 1.54) is 0 Å². The number of nitrogens with zero attached hydrogens (tertiary/aromatic N) is 2. The molecule has 0 aliphatic carbocycles. The van der Waals surface area contributed by atoms with Crippen molar-refractivity contribution in [2.75, 3.05) is 0 Å². The van der Waals surface area contributed by atoms with E-state index in [1.54, 1.807) is 6.07 Å². The smallest absolute Gasteiger partial charge is 0.323 e. The number of hydrogen-bond donors (Lipinski definition) is 2. The highest BCUT2D eigenvalue weighted by Crippen LogP contribution is 2.27. The molecule has 0 bridgehead atoms. The van der Waals surface area contributed by atoms with E-state index in [0.717, 1.165) is 27.0 Å². The first kappa shape index (κ1) is 16.8. The van der Waals surface area contributed by atoms with Gasteiger partial charge in [-0.05, 0) is 49.6 Å². The largest absolute Gasteiger partial charge is 0.480 e. The molecule has 0 aliphatic rings. The van der Waals surface area contributed by atoms with Crippen LogP contribution in [0.5, 0.6) is 0 Å². The zero-order chi connectivity index (χ0) is 19.3. The van der Waals surface area contributed by atoms with E-state index in [-0.39, 0.29) is 0 Å². The summed E-state index contributed by atoms with van der Waals surface area (Å²) in [5, 5.41) is 10.8. The van der Waals surface area contributed by atoms with E-state index < -0.39 is 23.6 Å². The third kappa shape index (κ3) is 2.64. The zero-order valence-electron chi connectivity index (χ0n) is 14.8. The third-order valence-electron chi connectivity index (χ3n) is 4.76. The first-order valence-corrected chi connectivity index (χ1v) is 8.43. The van der Waals surface area contributed by atoms with Crippen molar-refractivity contribution in [1.82, 2.24) is 14.1 Å². The second-order valence-electron chi connectivity index (χ2n) is 6.56. The van der Waals surface area contributed by atoms with Gasteiger partial charge in [0.1, 0.15) is 6.54 Å². The summed E-state index contributed by atoms with van der Waals surface area (Å²) in [6, 6.07) is 13.4. The highest BCUT2D eigenvalue weighted by Gasteiger charge is 2.14. The summed E-state index contributed by atoms with van der Waals surface area (Å²) in [4.78, 5) is 38.1. The molecule has 0 amide bonds. The van der Waals surface area contributed by atoms with Crippen LogP contribution >= 0.6 is 0 Å². The minimum Gasteiger partial charge on any atom is -0.480 e. The number of aromatic amines is 1. The van der Waals surface area contributed by atoms with Gasteiger partial charge < -0.3 is 14.7 Å². The van der Waals surface area contributed by atoms with E-state index in [0.29, 0.717) is 16.4 Å². The average Bonchev–Trinajstić information content (AvgIpc) is 2.96. The summed E-state index contributed by atoms with van der Waals surface area (Å²) >= 11 is 0. The van der Waals surface area contributed by atoms with Gasteiger partial charge in [-0.2, -0.15) is 0 Å². The van der Waals surface area contributed by atoms with Crippen LogP contribution in [-0.2, 0) is 11.3 Å². The van der Waals surface area contributed by atoms with Crippen molar-refractivity contribution in [1.29, 1.82) is 0 Å². The molecule has 2 aromatic heterocycles. The summed E-state index contributed by atoms with van der Waals surface area (Å²) in [6.45, 7) is 3.42. The normalized spacial score (nSPS) is 11.3. The maximum atomic E-state index is 12.3. The van der Waals surface area contributed by atoms with Crippen LogP contribution in [0.4, 0.5) is 0 Å². The van der Waals surface area contributed by atoms with Crippen molar-refractivity contribution in [3.05, 3.63) is 74.6 Å². The van der Waals surface area contributed by atoms with Crippen LogP contribution in [0.15, 0.2) is 52.1 Å². The van der Waals surface area contributed by atoms with Gasteiger partial charge in [0.05, 0.1) is 11.0 Å². The number of carbonyl (C=O) groups is 1. The number of fused-ring (bicyclic) bond motifs is 3. The van der Waals surface area contributed by atoms with Gasteiger partial charge >= 0.3 is 17.1 Å². The number of aryl methyl sites for hydroxylation is 2. The Morgan fingerprint density at radius 1 is 1.04 bits per heavy atom. The Morgan fingerprint density at radius 3 is 2.37 bits per heavy atom. The first-order valence-electron chi connectivity index (χ1n) is 8.43. The maximum absolute atomic E-state index is 12.3. The molecule has 0 spiro atoms. The molecule has 2 N–H and O–H groups in total. The van der Waals surface area contributed by atoms with E-state index in [4.69, 9.17) is 0 Å². The number of aromatic nitrogens is 3. The molecule has 2 aromatic carbocycles. The summed E-state index contributed by atoms with van der Waals surface area (Å²) < 4.78 is 3.10. The molecule has 0 saturated carbocycles. The number of rotatable bonds is 3. The lowest BCUT2D eigenvalue weighted by atomic mass is 10.1. The summed E-state index contributed by atoms with van der Waals surface area (Å²) in [5.74, 6) is -1.19. The molecular weight excluding hydrogens is 346 g/mol. The van der Waals surface area contributed by atoms with Gasteiger partial charge in [0.15, 0.2) is 0 Å². The molecule has 0 saturated heterocycles. The Morgan fingerprint density at radius 2 is 1.70 bits per heavy atom. The lowest BCUT2D eigenvalue weighted by Crippen LogP contribution is -2.37. The molecule has 0 radical (unpaired) electrons. The SMILES string of the molecule is Cc1ccc(C)n1-c1ccc2ccc3[nH]c(=O)c(=O)n(CC(=O)O)c3c2c1. The number of nitrogens with one attached hydrogen (secondary N) is 1. The fraction of sp³-hybridized carbons (Fsp3) is 0.150. The van der Waals surface area contributed by atoms with Crippen molar-refractivity contribution in [2.24, 2.45) is 0 Å². The topological polar surface area (TPSA) is 97.1 Å². The second kappa shape index (κ2) is 5.98. The monoisotopic (exact) mass is 363 g/mol. The second-order valence-corrected chi connectivity index (χ2v) is 6.56. The number of benzene rings is 2. The number of carboxylic acid groups (broad SMARTS) is 1. The van der Waals surface area contributed by atoms with Crippen molar-refractivity contribution < 1.29 is 9.90 Å². The van der Waals surface area contributed by atoms with Crippen LogP contribution in [-0.4, -0.2) is 25.2 Å². The highest BCUT2D eigenvalue weighted by molar-refractivity contribution is 6.05. The van der Waals surface area contributed by atoms with E-state index in [2.05, 4.69) is 9.55 Å². The van der Waals surface area contributed by atoms with Gasteiger partial charge in [-0.15, -0.1) is 0 Å². The molecule has 4 rings (SSSR count). The molecule has 27 heavy (non-hydrogen) atoms. The number of H-pyrrole nitrogens is 1. The molecule has 0 atom stereocenters. The molecular formula is C20H17N3O4. The fourth-order valence-electron chi connectivity index (χ4n) is 3.58. The Hall–Kier alpha value is -3.61. The van der Waals surface area contributed by atoms with Crippen molar-refractivity contribution in [2.45, 2.75) is 20.4 Å². The quantitative estimate of drug-likeness (QED) is 0.431. The standard InChI is InChI=1S/C20H17N3O4/c1-11-3-4-12(2)23(11)14-7-5-13-6-8-16-18(15(13)9-14)22(10-17(24)25)20(27)19(26)21-16/h3-9H,10H2,1-2H3,(H,21,26)(H,24,25). The third-order valence-corrected chi connectivity index (χ3v) is 4.76. The molecule has 2 heterocycles. The van der Waals surface area contributed by atoms with Crippen molar-refractivity contribution >= 4 is 27.8 Å². The first-order chi connectivity index (χ1) is 12.9. The van der Waals surface area contributed by atoms with Crippen LogP contribution in [0.1, 0.15) is 11.4 Å².